The summed E-state index contributed by atoms with van der Waals surface area (Å²) in [5.41, 5.74) is 1.80. The van der Waals surface area contributed by atoms with Crippen LogP contribution in [-0.4, -0.2) is 58.5 Å². The predicted molar refractivity (Wildman–Crippen MR) is 95.0 cm³/mol. The van der Waals surface area contributed by atoms with Gasteiger partial charge in [0.25, 0.3) is 0 Å². The SMILES string of the molecule is Cc1nc(CC(=O)N2CCN(C[C@@H](O)c3ccccc3)CC2)cs1. The van der Waals surface area contributed by atoms with Crippen LogP contribution in [-0.2, 0) is 11.2 Å². The number of amides is 1. The lowest BCUT2D eigenvalue weighted by Gasteiger charge is -2.35. The standard InChI is InChI=1S/C18H23N3O2S/c1-14-19-16(13-24-14)11-18(23)21-9-7-20(8-10-21)12-17(22)15-5-3-2-4-6-15/h2-6,13,17,22H,7-12H2,1H3/t17-/m1/s1. The molecule has 1 aliphatic heterocycles. The van der Waals surface area contributed by atoms with Crippen LogP contribution in [0.15, 0.2) is 35.7 Å². The molecule has 3 rings (SSSR count). The summed E-state index contributed by atoms with van der Waals surface area (Å²) in [5.74, 6) is 0.142. The molecule has 1 amide bonds. The Morgan fingerprint density at radius 3 is 2.58 bits per heavy atom. The molecule has 1 atom stereocenters. The molecule has 0 unspecified atom stereocenters. The van der Waals surface area contributed by atoms with Crippen molar-refractivity contribution in [2.24, 2.45) is 0 Å². The number of piperazine rings is 1. The highest BCUT2D eigenvalue weighted by Gasteiger charge is 2.23. The van der Waals surface area contributed by atoms with E-state index in [0.29, 0.717) is 26.1 Å². The molecule has 5 nitrogen and oxygen atoms in total. The molecule has 6 heteroatoms. The van der Waals surface area contributed by atoms with Crippen LogP contribution in [0.4, 0.5) is 0 Å². The number of carbonyl (C=O) groups excluding carboxylic acids is 1. The van der Waals surface area contributed by atoms with Crippen molar-refractivity contribution in [2.45, 2.75) is 19.4 Å². The summed E-state index contributed by atoms with van der Waals surface area (Å²) in [4.78, 5) is 20.8. The van der Waals surface area contributed by atoms with Crippen LogP contribution in [0, 0.1) is 6.92 Å². The van der Waals surface area contributed by atoms with Gasteiger partial charge in [-0.25, -0.2) is 4.98 Å². The fourth-order valence-electron chi connectivity index (χ4n) is 2.96. The van der Waals surface area contributed by atoms with Gasteiger partial charge in [0.15, 0.2) is 0 Å². The van der Waals surface area contributed by atoms with Crippen LogP contribution in [0.1, 0.15) is 22.4 Å². The van der Waals surface area contributed by atoms with Crippen molar-refractivity contribution in [3.8, 4) is 0 Å². The van der Waals surface area contributed by atoms with Gasteiger partial charge in [-0.3, -0.25) is 9.69 Å². The second kappa shape index (κ2) is 7.88. The van der Waals surface area contributed by atoms with E-state index >= 15 is 0 Å². The number of aliphatic hydroxyl groups excluding tert-OH is 1. The normalized spacial score (nSPS) is 17.0. The molecular formula is C18H23N3O2S. The highest BCUT2D eigenvalue weighted by atomic mass is 32.1. The molecule has 0 bridgehead atoms. The topological polar surface area (TPSA) is 56.7 Å². The lowest BCUT2D eigenvalue weighted by molar-refractivity contribution is -0.132. The van der Waals surface area contributed by atoms with Gasteiger partial charge < -0.3 is 10.0 Å². The fourth-order valence-corrected chi connectivity index (χ4v) is 3.57. The Balaban J connectivity index is 1.46. The Hall–Kier alpha value is -1.76. The van der Waals surface area contributed by atoms with Gasteiger partial charge in [-0.1, -0.05) is 30.3 Å². The van der Waals surface area contributed by atoms with Gasteiger partial charge in [0.05, 0.1) is 23.2 Å². The summed E-state index contributed by atoms with van der Waals surface area (Å²) in [6, 6.07) is 9.72. The molecule has 128 valence electrons. The molecule has 1 aliphatic rings. The van der Waals surface area contributed by atoms with Crippen LogP contribution in [0.3, 0.4) is 0 Å². The summed E-state index contributed by atoms with van der Waals surface area (Å²) < 4.78 is 0. The molecule has 0 radical (unpaired) electrons. The summed E-state index contributed by atoms with van der Waals surface area (Å²) >= 11 is 1.58. The molecule has 24 heavy (non-hydrogen) atoms. The number of nitrogens with zero attached hydrogens (tertiary/aromatic N) is 3. The molecule has 2 heterocycles. The molecule has 1 aromatic heterocycles. The van der Waals surface area contributed by atoms with E-state index in [2.05, 4.69) is 9.88 Å². The Kier molecular flexibility index (Phi) is 5.60. The van der Waals surface area contributed by atoms with E-state index in [1.807, 2.05) is 47.5 Å². The zero-order valence-corrected chi connectivity index (χ0v) is 14.7. The first-order chi connectivity index (χ1) is 11.6. The molecule has 2 aromatic rings. The molecule has 1 saturated heterocycles. The Morgan fingerprint density at radius 2 is 1.96 bits per heavy atom. The summed E-state index contributed by atoms with van der Waals surface area (Å²) in [7, 11) is 0. The van der Waals surface area contributed by atoms with Gasteiger partial charge in [-0.05, 0) is 12.5 Å². The van der Waals surface area contributed by atoms with Gasteiger partial charge in [0.1, 0.15) is 0 Å². The van der Waals surface area contributed by atoms with Gasteiger partial charge >= 0.3 is 0 Å². The quantitative estimate of drug-likeness (QED) is 0.899. The van der Waals surface area contributed by atoms with Crippen LogP contribution in [0.25, 0.3) is 0 Å². The van der Waals surface area contributed by atoms with Gasteiger partial charge in [0.2, 0.25) is 5.91 Å². The largest absolute Gasteiger partial charge is 0.387 e. The number of hydrogen-bond acceptors (Lipinski definition) is 5. The zero-order valence-electron chi connectivity index (χ0n) is 13.9. The molecule has 0 spiro atoms. The Labute approximate surface area is 146 Å². The van der Waals surface area contributed by atoms with Crippen molar-refractivity contribution in [2.75, 3.05) is 32.7 Å². The third kappa shape index (κ3) is 4.41. The second-order valence-corrected chi connectivity index (χ2v) is 7.20. The monoisotopic (exact) mass is 345 g/mol. The van der Waals surface area contributed by atoms with Crippen molar-refractivity contribution >= 4 is 17.2 Å². The summed E-state index contributed by atoms with van der Waals surface area (Å²) in [6.45, 7) is 5.58. The average molecular weight is 345 g/mol. The number of hydrogen-bond donors (Lipinski definition) is 1. The maximum Gasteiger partial charge on any atom is 0.228 e. The molecule has 1 N–H and O–H groups in total. The van der Waals surface area contributed by atoms with E-state index in [9.17, 15) is 9.90 Å². The average Bonchev–Trinajstić information content (AvgIpc) is 3.01. The maximum absolute atomic E-state index is 12.3. The summed E-state index contributed by atoms with van der Waals surface area (Å²) in [6.07, 6.45) is -0.0943. The number of aliphatic hydroxyl groups is 1. The number of carbonyl (C=O) groups is 1. The van der Waals surface area contributed by atoms with E-state index in [4.69, 9.17) is 0 Å². The van der Waals surface area contributed by atoms with E-state index in [0.717, 1.165) is 29.4 Å². The fraction of sp³-hybridized carbons (Fsp3) is 0.444. The highest BCUT2D eigenvalue weighted by Crippen LogP contribution is 2.15. The van der Waals surface area contributed by atoms with E-state index < -0.39 is 6.10 Å². The number of rotatable bonds is 5. The molecular weight excluding hydrogens is 322 g/mol. The first-order valence-corrected chi connectivity index (χ1v) is 9.14. The van der Waals surface area contributed by atoms with Crippen molar-refractivity contribution < 1.29 is 9.90 Å². The minimum Gasteiger partial charge on any atom is -0.387 e. The maximum atomic E-state index is 12.3. The van der Waals surface area contributed by atoms with Crippen LogP contribution < -0.4 is 0 Å². The van der Waals surface area contributed by atoms with Gasteiger partial charge in [-0.2, -0.15) is 0 Å². The smallest absolute Gasteiger partial charge is 0.228 e. The van der Waals surface area contributed by atoms with Crippen LogP contribution >= 0.6 is 11.3 Å². The minimum absolute atomic E-state index is 0.142. The highest BCUT2D eigenvalue weighted by molar-refractivity contribution is 7.09. The molecule has 0 saturated carbocycles. The molecule has 1 aromatic carbocycles. The second-order valence-electron chi connectivity index (χ2n) is 6.14. The Bertz CT molecular complexity index is 666. The molecule has 1 fully saturated rings. The van der Waals surface area contributed by atoms with Crippen molar-refractivity contribution in [3.63, 3.8) is 0 Å². The predicted octanol–water partition coefficient (Wildman–Crippen LogP) is 1.87. The third-order valence-electron chi connectivity index (χ3n) is 4.34. The van der Waals surface area contributed by atoms with Gasteiger partial charge in [-0.15, -0.1) is 11.3 Å². The van der Waals surface area contributed by atoms with E-state index in [1.54, 1.807) is 11.3 Å². The zero-order chi connectivity index (χ0) is 16.9. The minimum atomic E-state index is -0.480. The third-order valence-corrected chi connectivity index (χ3v) is 5.16. The number of benzene rings is 1. The van der Waals surface area contributed by atoms with Crippen molar-refractivity contribution in [1.82, 2.24) is 14.8 Å². The number of aromatic nitrogens is 1. The van der Waals surface area contributed by atoms with Crippen molar-refractivity contribution in [1.29, 1.82) is 0 Å². The van der Waals surface area contributed by atoms with E-state index in [-0.39, 0.29) is 5.91 Å². The number of aryl methyl sites for hydroxylation is 1. The number of β-amino-alcohol motifs (C(OH)–C–C–N with tert-alkyl or cyclic N) is 1. The van der Waals surface area contributed by atoms with E-state index in [1.165, 1.54) is 0 Å². The lowest BCUT2D eigenvalue weighted by Crippen LogP contribution is -2.50. The summed E-state index contributed by atoms with van der Waals surface area (Å²) in [5, 5.41) is 13.3. The van der Waals surface area contributed by atoms with Crippen molar-refractivity contribution in [3.05, 3.63) is 52.0 Å². The number of thiazole rings is 1. The first kappa shape index (κ1) is 17.1. The van der Waals surface area contributed by atoms with Crippen LogP contribution in [0.5, 0.6) is 0 Å². The molecule has 0 aliphatic carbocycles. The lowest BCUT2D eigenvalue weighted by atomic mass is 10.1. The van der Waals surface area contributed by atoms with Crippen LogP contribution in [0.2, 0.25) is 0 Å². The van der Waals surface area contributed by atoms with Gasteiger partial charge in [0, 0.05) is 38.1 Å². The Morgan fingerprint density at radius 1 is 1.25 bits per heavy atom. The first-order valence-electron chi connectivity index (χ1n) is 8.26.